The van der Waals surface area contributed by atoms with Crippen LogP contribution in [0.3, 0.4) is 0 Å². The number of ketones is 1. The topological polar surface area (TPSA) is 71.4 Å². The SMILES string of the molecule is CC1=NC2=C(C(=O)CCC2)[C@H](c2ccc(Cl)cc2)C1C(=O)Nc1cccc(C)n1. The number of nitrogens with one attached hydrogen (secondary N) is 1. The van der Waals surface area contributed by atoms with Crippen molar-refractivity contribution in [3.8, 4) is 0 Å². The Bertz CT molecular complexity index is 1040. The Morgan fingerprint density at radius 2 is 1.86 bits per heavy atom. The molecule has 2 aromatic rings. The molecule has 1 amide bonds. The first-order valence-electron chi connectivity index (χ1n) is 9.75. The number of anilines is 1. The lowest BCUT2D eigenvalue weighted by Gasteiger charge is -2.35. The molecule has 0 saturated carbocycles. The average molecular weight is 408 g/mol. The van der Waals surface area contributed by atoms with Crippen molar-refractivity contribution in [1.82, 2.24) is 4.98 Å². The van der Waals surface area contributed by atoms with Gasteiger partial charge >= 0.3 is 0 Å². The highest BCUT2D eigenvalue weighted by Gasteiger charge is 2.42. The second-order valence-corrected chi connectivity index (χ2v) is 7.99. The zero-order chi connectivity index (χ0) is 20.5. The summed E-state index contributed by atoms with van der Waals surface area (Å²) in [6, 6.07) is 12.9. The molecule has 2 aliphatic rings. The van der Waals surface area contributed by atoms with Crippen LogP contribution in [0.2, 0.25) is 5.02 Å². The number of pyridine rings is 1. The van der Waals surface area contributed by atoms with Crippen LogP contribution >= 0.6 is 11.6 Å². The van der Waals surface area contributed by atoms with E-state index in [0.29, 0.717) is 28.5 Å². The number of benzene rings is 1. The van der Waals surface area contributed by atoms with Gasteiger partial charge in [-0.1, -0.05) is 29.8 Å². The summed E-state index contributed by atoms with van der Waals surface area (Å²) >= 11 is 6.08. The average Bonchev–Trinajstić information content (AvgIpc) is 2.67. The summed E-state index contributed by atoms with van der Waals surface area (Å²) in [6.07, 6.45) is 2.05. The maximum Gasteiger partial charge on any atom is 0.235 e. The molecular weight excluding hydrogens is 386 g/mol. The zero-order valence-electron chi connectivity index (χ0n) is 16.4. The lowest BCUT2D eigenvalue weighted by Crippen LogP contribution is -2.39. The van der Waals surface area contributed by atoms with E-state index in [2.05, 4.69) is 15.3 Å². The van der Waals surface area contributed by atoms with E-state index in [0.717, 1.165) is 29.8 Å². The van der Waals surface area contributed by atoms with Crippen LogP contribution in [-0.4, -0.2) is 22.4 Å². The first kappa shape index (κ1) is 19.5. The molecule has 5 nitrogen and oxygen atoms in total. The number of allylic oxidation sites excluding steroid dienone is 2. The minimum absolute atomic E-state index is 0.0777. The molecule has 1 aromatic heterocycles. The number of halogens is 1. The van der Waals surface area contributed by atoms with Gasteiger partial charge in [0, 0.05) is 40.0 Å². The van der Waals surface area contributed by atoms with Gasteiger partial charge in [0.05, 0.1) is 5.92 Å². The van der Waals surface area contributed by atoms with Crippen LogP contribution in [-0.2, 0) is 9.59 Å². The molecule has 0 saturated heterocycles. The number of hydrogen-bond donors (Lipinski definition) is 1. The molecule has 2 heterocycles. The Kier molecular flexibility index (Phi) is 5.33. The molecule has 0 fully saturated rings. The molecule has 0 bridgehead atoms. The molecule has 148 valence electrons. The summed E-state index contributed by atoms with van der Waals surface area (Å²) in [5.74, 6) is -0.604. The molecule has 1 aliphatic heterocycles. The monoisotopic (exact) mass is 407 g/mol. The van der Waals surface area contributed by atoms with E-state index in [9.17, 15) is 9.59 Å². The molecule has 0 radical (unpaired) electrons. The second kappa shape index (κ2) is 7.91. The predicted octanol–water partition coefficient (Wildman–Crippen LogP) is 4.86. The number of nitrogens with zero attached hydrogens (tertiary/aromatic N) is 2. The lowest BCUT2D eigenvalue weighted by atomic mass is 9.71. The van der Waals surface area contributed by atoms with Crippen LogP contribution in [0.5, 0.6) is 0 Å². The van der Waals surface area contributed by atoms with Crippen LogP contribution in [0.25, 0.3) is 0 Å². The van der Waals surface area contributed by atoms with Gasteiger partial charge in [0.1, 0.15) is 5.82 Å². The van der Waals surface area contributed by atoms with E-state index in [1.165, 1.54) is 0 Å². The number of aliphatic imine (C=N–C) groups is 1. The zero-order valence-corrected chi connectivity index (χ0v) is 17.2. The normalized spacial score (nSPS) is 21.5. The third kappa shape index (κ3) is 3.87. The molecule has 0 spiro atoms. The Morgan fingerprint density at radius 1 is 1.10 bits per heavy atom. The van der Waals surface area contributed by atoms with E-state index >= 15 is 0 Å². The summed E-state index contributed by atoms with van der Waals surface area (Å²) in [5.41, 5.74) is 3.91. The maximum atomic E-state index is 13.3. The highest BCUT2D eigenvalue weighted by molar-refractivity contribution is 6.30. The van der Waals surface area contributed by atoms with E-state index < -0.39 is 5.92 Å². The highest BCUT2D eigenvalue weighted by Crippen LogP contribution is 2.43. The van der Waals surface area contributed by atoms with Gasteiger partial charge < -0.3 is 5.32 Å². The minimum atomic E-state index is -0.584. The van der Waals surface area contributed by atoms with Gasteiger partial charge in [-0.05, 0) is 56.5 Å². The van der Waals surface area contributed by atoms with E-state index in [1.54, 1.807) is 18.2 Å². The quantitative estimate of drug-likeness (QED) is 0.789. The van der Waals surface area contributed by atoms with Crippen molar-refractivity contribution in [1.29, 1.82) is 0 Å². The van der Waals surface area contributed by atoms with Gasteiger partial charge in [0.2, 0.25) is 5.91 Å². The van der Waals surface area contributed by atoms with Crippen molar-refractivity contribution in [2.75, 3.05) is 5.32 Å². The number of rotatable bonds is 3. The number of hydrogen-bond acceptors (Lipinski definition) is 4. The molecular formula is C23H22ClN3O2. The van der Waals surface area contributed by atoms with Crippen LogP contribution in [0, 0.1) is 12.8 Å². The minimum Gasteiger partial charge on any atom is -0.310 e. The fraction of sp³-hybridized carbons (Fsp3) is 0.304. The van der Waals surface area contributed by atoms with Crippen LogP contribution in [0.1, 0.15) is 43.4 Å². The van der Waals surface area contributed by atoms with Crippen molar-refractivity contribution in [3.05, 3.63) is 70.0 Å². The van der Waals surface area contributed by atoms with Crippen molar-refractivity contribution < 1.29 is 9.59 Å². The summed E-state index contributed by atoms with van der Waals surface area (Å²) in [6.45, 7) is 3.73. The smallest absolute Gasteiger partial charge is 0.235 e. The molecule has 1 aromatic carbocycles. The lowest BCUT2D eigenvalue weighted by molar-refractivity contribution is -0.119. The molecule has 29 heavy (non-hydrogen) atoms. The molecule has 1 aliphatic carbocycles. The molecule has 1 N–H and O–H groups in total. The Morgan fingerprint density at radius 3 is 2.59 bits per heavy atom. The number of Topliss-reactive ketones (excluding diaryl/α,β-unsaturated/α-hetero) is 1. The van der Waals surface area contributed by atoms with Crippen LogP contribution in [0.15, 0.2) is 58.7 Å². The van der Waals surface area contributed by atoms with Crippen molar-refractivity contribution in [3.63, 3.8) is 0 Å². The highest BCUT2D eigenvalue weighted by atomic mass is 35.5. The third-order valence-electron chi connectivity index (χ3n) is 5.49. The third-order valence-corrected chi connectivity index (χ3v) is 5.74. The molecule has 1 unspecified atom stereocenters. The van der Waals surface area contributed by atoms with Crippen LogP contribution in [0.4, 0.5) is 5.82 Å². The number of aryl methyl sites for hydroxylation is 1. The Hall–Kier alpha value is -2.79. The van der Waals surface area contributed by atoms with E-state index in [1.807, 2.05) is 38.1 Å². The number of carbonyl (C=O) groups is 2. The number of carbonyl (C=O) groups excluding carboxylic acids is 2. The largest absolute Gasteiger partial charge is 0.310 e. The van der Waals surface area contributed by atoms with Gasteiger partial charge in [0.25, 0.3) is 0 Å². The molecule has 2 atom stereocenters. The van der Waals surface area contributed by atoms with E-state index in [-0.39, 0.29) is 17.6 Å². The maximum absolute atomic E-state index is 13.3. The summed E-state index contributed by atoms with van der Waals surface area (Å²) in [5, 5.41) is 3.53. The summed E-state index contributed by atoms with van der Waals surface area (Å²) in [7, 11) is 0. The Labute approximate surface area is 174 Å². The van der Waals surface area contributed by atoms with Crippen molar-refractivity contribution >= 4 is 34.8 Å². The fourth-order valence-electron chi connectivity index (χ4n) is 4.19. The number of aromatic nitrogens is 1. The molecule has 6 heteroatoms. The summed E-state index contributed by atoms with van der Waals surface area (Å²) in [4.78, 5) is 35.2. The molecule has 4 rings (SSSR count). The van der Waals surface area contributed by atoms with E-state index in [4.69, 9.17) is 11.6 Å². The Balaban J connectivity index is 1.77. The van der Waals surface area contributed by atoms with Gasteiger partial charge in [0.15, 0.2) is 5.78 Å². The van der Waals surface area contributed by atoms with Gasteiger partial charge in [-0.25, -0.2) is 4.98 Å². The second-order valence-electron chi connectivity index (χ2n) is 7.55. The summed E-state index contributed by atoms with van der Waals surface area (Å²) < 4.78 is 0. The standard InChI is InChI=1S/C23H22ClN3O2/c1-13-5-3-8-19(25-13)27-23(29)20-14(2)26-17-6-4-7-18(28)22(17)21(20)15-9-11-16(24)12-10-15/h3,5,8-12,20-21H,4,6-7H2,1-2H3,(H,25,27,29)/t20?,21-/m1/s1. The number of amides is 1. The fourth-order valence-corrected chi connectivity index (χ4v) is 4.32. The first-order chi connectivity index (χ1) is 13.9. The first-order valence-corrected chi connectivity index (χ1v) is 10.1. The van der Waals surface area contributed by atoms with Gasteiger partial charge in [-0.2, -0.15) is 0 Å². The van der Waals surface area contributed by atoms with Gasteiger partial charge in [-0.15, -0.1) is 0 Å². The van der Waals surface area contributed by atoms with Crippen molar-refractivity contribution in [2.45, 2.75) is 39.0 Å². The van der Waals surface area contributed by atoms with Crippen LogP contribution < -0.4 is 5.32 Å². The predicted molar refractivity (Wildman–Crippen MR) is 114 cm³/mol. The van der Waals surface area contributed by atoms with Gasteiger partial charge in [-0.3, -0.25) is 14.6 Å². The van der Waals surface area contributed by atoms with Crippen molar-refractivity contribution in [2.24, 2.45) is 10.9 Å².